The Morgan fingerprint density at radius 1 is 0.955 bits per heavy atom. The second-order valence-electron chi connectivity index (χ2n) is 11.2. The molecule has 12 heteroatoms. The number of aliphatic hydroxyl groups is 3. The lowest BCUT2D eigenvalue weighted by Gasteiger charge is -2.44. The molecular formula is C32H29IO11. The minimum Gasteiger partial charge on any atom is -0.507 e. The minimum atomic E-state index is -2.08. The standard InChI is InChI=1S/C32H29IO11/c1-13(34)32(41)11-16-20(18(12-32)43-31-23(33)28(39)29(40)30(44-31)14-7-4-3-5-8-14)27(38)22-21(25(16)36)24(35)15-9-6-10-17(42-2)19(15)26(22)37/h3-10,18,23,28-31,36,38-41H,11-12H2,1-2H3/t18-,23?,28?,29?,30?,31?,32-/m0/s1. The largest absolute Gasteiger partial charge is 0.507 e. The Morgan fingerprint density at radius 3 is 2.30 bits per heavy atom. The molecule has 1 aliphatic heterocycles. The molecule has 0 aromatic heterocycles. The van der Waals surface area contributed by atoms with Gasteiger partial charge in [-0.15, -0.1) is 0 Å². The molecule has 0 bridgehead atoms. The fourth-order valence-corrected chi connectivity index (χ4v) is 7.08. The molecule has 230 valence electrons. The Balaban J connectivity index is 1.49. The molecule has 0 spiro atoms. The molecule has 5 unspecified atom stereocenters. The number of halogens is 1. The first-order valence-electron chi connectivity index (χ1n) is 13.9. The number of rotatable bonds is 5. The van der Waals surface area contributed by atoms with Crippen LogP contribution in [0.4, 0.5) is 0 Å². The third kappa shape index (κ3) is 4.63. The van der Waals surface area contributed by atoms with Crippen LogP contribution in [0.1, 0.15) is 74.1 Å². The molecule has 3 aromatic carbocycles. The molecule has 1 fully saturated rings. The van der Waals surface area contributed by atoms with E-state index in [9.17, 15) is 39.9 Å². The van der Waals surface area contributed by atoms with E-state index in [1.807, 2.05) is 22.6 Å². The van der Waals surface area contributed by atoms with E-state index in [-0.39, 0.29) is 28.0 Å². The number of carbonyl (C=O) groups excluding carboxylic acids is 3. The summed E-state index contributed by atoms with van der Waals surface area (Å²) in [5.74, 6) is -3.38. The van der Waals surface area contributed by atoms with Crippen molar-refractivity contribution < 1.29 is 54.1 Å². The van der Waals surface area contributed by atoms with Gasteiger partial charge in [0.05, 0.1) is 39.9 Å². The van der Waals surface area contributed by atoms with Gasteiger partial charge >= 0.3 is 0 Å². The predicted molar refractivity (Wildman–Crippen MR) is 161 cm³/mol. The lowest BCUT2D eigenvalue weighted by molar-refractivity contribution is -0.265. The number of aromatic hydroxyl groups is 2. The summed E-state index contributed by atoms with van der Waals surface area (Å²) in [7, 11) is 1.33. The van der Waals surface area contributed by atoms with Crippen molar-refractivity contribution in [2.45, 2.75) is 60.0 Å². The number of phenolic OH excluding ortho intramolecular Hbond substituents is 2. The van der Waals surface area contributed by atoms with Crippen molar-refractivity contribution in [2.24, 2.45) is 0 Å². The monoisotopic (exact) mass is 716 g/mol. The van der Waals surface area contributed by atoms with Gasteiger partial charge in [0.25, 0.3) is 0 Å². The van der Waals surface area contributed by atoms with Gasteiger partial charge in [-0.25, -0.2) is 0 Å². The smallest absolute Gasteiger partial charge is 0.202 e. The molecule has 0 radical (unpaired) electrons. The van der Waals surface area contributed by atoms with E-state index < -0.39 is 93.0 Å². The van der Waals surface area contributed by atoms with Crippen molar-refractivity contribution in [3.8, 4) is 17.2 Å². The van der Waals surface area contributed by atoms with Crippen LogP contribution in [0.25, 0.3) is 0 Å². The molecule has 1 heterocycles. The zero-order valence-corrected chi connectivity index (χ0v) is 25.7. The van der Waals surface area contributed by atoms with E-state index in [4.69, 9.17) is 14.2 Å². The maximum atomic E-state index is 13.8. The van der Waals surface area contributed by atoms with Crippen molar-refractivity contribution in [1.82, 2.24) is 0 Å². The average molecular weight is 716 g/mol. The summed E-state index contributed by atoms with van der Waals surface area (Å²) in [6.45, 7) is 1.17. The number of hydrogen-bond acceptors (Lipinski definition) is 11. The third-order valence-corrected chi connectivity index (χ3v) is 10.0. The van der Waals surface area contributed by atoms with E-state index in [1.165, 1.54) is 32.2 Å². The summed E-state index contributed by atoms with van der Waals surface area (Å²) < 4.78 is 16.9. The van der Waals surface area contributed by atoms with Crippen molar-refractivity contribution in [3.63, 3.8) is 0 Å². The summed E-state index contributed by atoms with van der Waals surface area (Å²) in [6, 6.07) is 13.1. The molecular weight excluding hydrogens is 687 g/mol. The highest BCUT2D eigenvalue weighted by atomic mass is 127. The van der Waals surface area contributed by atoms with Crippen LogP contribution in [0.5, 0.6) is 17.2 Å². The van der Waals surface area contributed by atoms with Crippen LogP contribution in [-0.2, 0) is 20.7 Å². The number of benzene rings is 3. The second kappa shape index (κ2) is 11.2. The van der Waals surface area contributed by atoms with Crippen LogP contribution >= 0.6 is 22.6 Å². The van der Waals surface area contributed by atoms with Gasteiger partial charge in [0.15, 0.2) is 17.9 Å². The average Bonchev–Trinajstić information content (AvgIpc) is 3.01. The molecule has 1 saturated heterocycles. The van der Waals surface area contributed by atoms with Gasteiger partial charge in [0.2, 0.25) is 5.78 Å². The van der Waals surface area contributed by atoms with Crippen molar-refractivity contribution in [3.05, 3.63) is 87.5 Å². The maximum Gasteiger partial charge on any atom is 0.202 e. The number of Topliss-reactive ketones (excluding diaryl/α,β-unsaturated/α-hetero) is 1. The normalized spacial score (nSPS) is 29.4. The molecule has 5 N–H and O–H groups in total. The number of aliphatic hydroxyl groups excluding tert-OH is 2. The van der Waals surface area contributed by atoms with Crippen LogP contribution in [0.3, 0.4) is 0 Å². The van der Waals surface area contributed by atoms with Gasteiger partial charge in [-0.2, -0.15) is 0 Å². The van der Waals surface area contributed by atoms with Gasteiger partial charge in [-0.1, -0.05) is 65.1 Å². The summed E-state index contributed by atoms with van der Waals surface area (Å²) in [5, 5.41) is 56.3. The van der Waals surface area contributed by atoms with E-state index in [1.54, 1.807) is 30.3 Å². The Morgan fingerprint density at radius 2 is 1.64 bits per heavy atom. The van der Waals surface area contributed by atoms with Gasteiger partial charge in [-0.3, -0.25) is 14.4 Å². The number of alkyl halides is 1. The Hall–Kier alpha value is -3.40. The topological polar surface area (TPSA) is 180 Å². The zero-order chi connectivity index (χ0) is 31.7. The first kappa shape index (κ1) is 30.6. The summed E-state index contributed by atoms with van der Waals surface area (Å²) >= 11 is 1.86. The van der Waals surface area contributed by atoms with Crippen LogP contribution in [0.2, 0.25) is 0 Å². The zero-order valence-electron chi connectivity index (χ0n) is 23.6. The molecule has 7 atom stereocenters. The van der Waals surface area contributed by atoms with Gasteiger partial charge in [-0.05, 0) is 18.6 Å². The first-order chi connectivity index (χ1) is 20.9. The number of fused-ring (bicyclic) bond motifs is 3. The van der Waals surface area contributed by atoms with E-state index >= 15 is 0 Å². The Kier molecular flexibility index (Phi) is 7.79. The Labute approximate surface area is 265 Å². The van der Waals surface area contributed by atoms with Crippen LogP contribution in [0.15, 0.2) is 48.5 Å². The maximum absolute atomic E-state index is 13.8. The molecule has 11 nitrogen and oxygen atoms in total. The van der Waals surface area contributed by atoms with Gasteiger partial charge in [0, 0.05) is 29.5 Å². The molecule has 0 amide bonds. The van der Waals surface area contributed by atoms with E-state index in [0.717, 1.165) is 0 Å². The minimum absolute atomic E-state index is 0.0372. The summed E-state index contributed by atoms with van der Waals surface area (Å²) in [5.41, 5.74) is -2.79. The SMILES string of the molecule is COc1cccc2c1C(=O)c1c(O)c3c(c(O)c1C2=O)C[C@@](O)(C(C)=O)C[C@@H]3OC1OC(c2ccccc2)C(O)C(O)C1I. The fraction of sp³-hybridized carbons (Fsp3) is 0.344. The van der Waals surface area contributed by atoms with Crippen molar-refractivity contribution >= 4 is 39.9 Å². The lowest BCUT2D eigenvalue weighted by atomic mass is 9.72. The first-order valence-corrected chi connectivity index (χ1v) is 15.1. The lowest BCUT2D eigenvalue weighted by Crippen LogP contribution is -2.53. The summed E-state index contributed by atoms with van der Waals surface area (Å²) in [4.78, 5) is 40.2. The predicted octanol–water partition coefficient (Wildman–Crippen LogP) is 2.83. The highest BCUT2D eigenvalue weighted by Crippen LogP contribution is 2.53. The molecule has 3 aromatic rings. The number of ether oxygens (including phenoxy) is 3. The van der Waals surface area contributed by atoms with Crippen LogP contribution in [0, 0.1) is 0 Å². The van der Waals surface area contributed by atoms with Crippen LogP contribution < -0.4 is 4.74 Å². The van der Waals surface area contributed by atoms with Crippen molar-refractivity contribution in [2.75, 3.05) is 7.11 Å². The summed E-state index contributed by atoms with van der Waals surface area (Å²) in [6.07, 6.45) is -7.11. The van der Waals surface area contributed by atoms with E-state index in [0.29, 0.717) is 5.56 Å². The highest BCUT2D eigenvalue weighted by molar-refractivity contribution is 14.1. The number of hydrogen-bond donors (Lipinski definition) is 5. The molecule has 2 aliphatic carbocycles. The number of ketones is 3. The molecule has 3 aliphatic rings. The van der Waals surface area contributed by atoms with Crippen LogP contribution in [-0.4, -0.2) is 78.0 Å². The van der Waals surface area contributed by atoms with Crippen molar-refractivity contribution in [1.29, 1.82) is 0 Å². The quantitative estimate of drug-likeness (QED) is 0.117. The third-order valence-electron chi connectivity index (χ3n) is 8.68. The molecule has 6 rings (SSSR count). The second-order valence-corrected chi connectivity index (χ2v) is 12.7. The number of phenols is 2. The molecule has 0 saturated carbocycles. The van der Waals surface area contributed by atoms with Gasteiger partial charge in [0.1, 0.15) is 35.1 Å². The Bertz CT molecular complexity index is 1690. The highest BCUT2D eigenvalue weighted by Gasteiger charge is 2.51. The van der Waals surface area contributed by atoms with Gasteiger partial charge < -0.3 is 39.7 Å². The number of methoxy groups -OCH3 is 1. The fourth-order valence-electron chi connectivity index (χ4n) is 6.32. The number of carbonyl (C=O) groups is 3. The molecule has 44 heavy (non-hydrogen) atoms. The van der Waals surface area contributed by atoms with E-state index in [2.05, 4.69) is 0 Å².